The SMILES string of the molecule is [2H]C(=O)CN1C(=O)C=CC1=O. The number of nitrogens with zero attached hydrogens (tertiary/aromatic N) is 1. The van der Waals surface area contributed by atoms with E-state index in [9.17, 15) is 14.4 Å². The molecule has 0 N–H and O–H groups in total. The Morgan fingerprint density at radius 1 is 1.50 bits per heavy atom. The fourth-order valence-corrected chi connectivity index (χ4v) is 0.652. The van der Waals surface area contributed by atoms with Gasteiger partial charge in [0.05, 0.1) is 6.54 Å². The lowest BCUT2D eigenvalue weighted by Crippen LogP contribution is -2.31. The molecule has 0 aromatic carbocycles. The van der Waals surface area contributed by atoms with Crippen molar-refractivity contribution < 1.29 is 15.8 Å². The number of carbonyl (C=O) groups is 3. The number of hydrogen-bond donors (Lipinski definition) is 0. The van der Waals surface area contributed by atoms with Gasteiger partial charge in [-0.2, -0.15) is 0 Å². The molecule has 0 fully saturated rings. The number of rotatable bonds is 2. The van der Waals surface area contributed by atoms with Gasteiger partial charge in [-0.05, 0) is 0 Å². The summed E-state index contributed by atoms with van der Waals surface area (Å²) in [5, 5.41) is 0. The highest BCUT2D eigenvalue weighted by Gasteiger charge is 2.21. The third-order valence-corrected chi connectivity index (χ3v) is 1.12. The molecular formula is C6H5NO3. The Morgan fingerprint density at radius 3 is 2.40 bits per heavy atom. The third kappa shape index (κ3) is 0.953. The van der Waals surface area contributed by atoms with Crippen LogP contribution in [0, 0.1) is 0 Å². The molecule has 4 nitrogen and oxygen atoms in total. The number of aldehydes is 1. The molecule has 0 saturated heterocycles. The molecule has 4 heteroatoms. The number of amides is 2. The second-order valence-electron chi connectivity index (χ2n) is 1.74. The van der Waals surface area contributed by atoms with Crippen LogP contribution in [0.2, 0.25) is 0 Å². The Morgan fingerprint density at radius 2 is 2.00 bits per heavy atom. The lowest BCUT2D eigenvalue weighted by molar-refractivity contribution is -0.138. The summed E-state index contributed by atoms with van der Waals surface area (Å²) < 4.78 is 6.51. The highest BCUT2D eigenvalue weighted by atomic mass is 16.2. The molecule has 1 aliphatic rings. The number of carbonyl (C=O) groups excluding carboxylic acids is 3. The Labute approximate surface area is 58.5 Å². The van der Waals surface area contributed by atoms with Gasteiger partial charge in [-0.1, -0.05) is 0 Å². The molecule has 0 saturated carbocycles. The van der Waals surface area contributed by atoms with E-state index in [0.717, 1.165) is 17.1 Å². The quantitative estimate of drug-likeness (QED) is 0.369. The molecule has 1 aliphatic heterocycles. The van der Waals surface area contributed by atoms with Crippen molar-refractivity contribution in [2.75, 3.05) is 6.54 Å². The van der Waals surface area contributed by atoms with Crippen molar-refractivity contribution in [2.24, 2.45) is 0 Å². The van der Waals surface area contributed by atoms with Crippen molar-refractivity contribution in [1.29, 1.82) is 0 Å². The average molecular weight is 140 g/mol. The van der Waals surface area contributed by atoms with Crippen LogP contribution in [0.1, 0.15) is 1.37 Å². The van der Waals surface area contributed by atoms with Crippen molar-refractivity contribution in [2.45, 2.75) is 0 Å². The third-order valence-electron chi connectivity index (χ3n) is 1.12. The highest BCUT2D eigenvalue weighted by molar-refractivity contribution is 6.13. The van der Waals surface area contributed by atoms with Crippen LogP contribution in [0.4, 0.5) is 0 Å². The zero-order valence-corrected chi connectivity index (χ0v) is 5.03. The Bertz CT molecular complexity index is 241. The van der Waals surface area contributed by atoms with Gasteiger partial charge in [0.1, 0.15) is 7.63 Å². The van der Waals surface area contributed by atoms with Crippen molar-refractivity contribution >= 4 is 18.1 Å². The van der Waals surface area contributed by atoms with Crippen LogP contribution < -0.4 is 0 Å². The first kappa shape index (κ1) is 5.34. The molecule has 0 radical (unpaired) electrons. The molecule has 0 aromatic heterocycles. The Balaban J connectivity index is 2.66. The highest BCUT2D eigenvalue weighted by Crippen LogP contribution is 2.00. The minimum Gasteiger partial charge on any atom is -0.301 e. The van der Waals surface area contributed by atoms with Gasteiger partial charge in [0, 0.05) is 12.2 Å². The van der Waals surface area contributed by atoms with Crippen LogP contribution >= 0.6 is 0 Å². The monoisotopic (exact) mass is 140 g/mol. The standard InChI is InChI=1S/C6H5NO3/c8-4-3-7-5(9)1-2-6(7)10/h1-2,4H,3H2/i4D. The number of hydrogen-bond acceptors (Lipinski definition) is 3. The van der Waals surface area contributed by atoms with E-state index in [0.29, 0.717) is 0 Å². The fourth-order valence-electron chi connectivity index (χ4n) is 0.652. The van der Waals surface area contributed by atoms with Crippen LogP contribution in [-0.4, -0.2) is 29.5 Å². The van der Waals surface area contributed by atoms with Gasteiger partial charge in [0.2, 0.25) is 0 Å². The molecule has 0 spiro atoms. The van der Waals surface area contributed by atoms with Crippen LogP contribution in [0.5, 0.6) is 0 Å². The van der Waals surface area contributed by atoms with E-state index in [1.807, 2.05) is 0 Å². The smallest absolute Gasteiger partial charge is 0.254 e. The van der Waals surface area contributed by atoms with Gasteiger partial charge in [-0.15, -0.1) is 0 Å². The first-order chi connectivity index (χ1) is 5.11. The van der Waals surface area contributed by atoms with E-state index >= 15 is 0 Å². The second kappa shape index (κ2) is 2.43. The average Bonchev–Trinajstić information content (AvgIpc) is 2.18. The zero-order chi connectivity index (χ0) is 8.43. The normalized spacial score (nSPS) is 18.0. The maximum atomic E-state index is 10.7. The summed E-state index contributed by atoms with van der Waals surface area (Å²) in [6.45, 7) is -0.454. The number of imide groups is 1. The maximum Gasteiger partial charge on any atom is 0.254 e. The molecular weight excluding hydrogens is 134 g/mol. The minimum absolute atomic E-state index is 0.454. The summed E-state index contributed by atoms with van der Waals surface area (Å²) in [6.07, 6.45) is 1.20. The lowest BCUT2D eigenvalue weighted by atomic mass is 10.5. The van der Waals surface area contributed by atoms with E-state index in [-0.39, 0.29) is 0 Å². The molecule has 2 amide bonds. The molecule has 0 bridgehead atoms. The minimum atomic E-state index is -0.949. The van der Waals surface area contributed by atoms with Crippen LogP contribution in [-0.2, 0) is 14.4 Å². The Hall–Kier alpha value is -1.45. The molecule has 1 rings (SSSR count). The van der Waals surface area contributed by atoms with Crippen LogP contribution in [0.3, 0.4) is 0 Å². The lowest BCUT2D eigenvalue weighted by Gasteiger charge is -2.07. The van der Waals surface area contributed by atoms with E-state index < -0.39 is 24.6 Å². The summed E-state index contributed by atoms with van der Waals surface area (Å²) in [5.41, 5.74) is 0. The topological polar surface area (TPSA) is 54.5 Å². The summed E-state index contributed by atoms with van der Waals surface area (Å²) in [6, 6.07) is 0. The largest absolute Gasteiger partial charge is 0.301 e. The van der Waals surface area contributed by atoms with E-state index in [1.54, 1.807) is 0 Å². The van der Waals surface area contributed by atoms with Gasteiger partial charge >= 0.3 is 0 Å². The van der Waals surface area contributed by atoms with Gasteiger partial charge in [0.15, 0.2) is 0 Å². The van der Waals surface area contributed by atoms with Crippen LogP contribution in [0.15, 0.2) is 12.2 Å². The molecule has 0 unspecified atom stereocenters. The van der Waals surface area contributed by atoms with Gasteiger partial charge in [-0.3, -0.25) is 14.5 Å². The van der Waals surface area contributed by atoms with Crippen LogP contribution in [0.25, 0.3) is 0 Å². The molecule has 0 aliphatic carbocycles. The zero-order valence-electron chi connectivity index (χ0n) is 6.03. The van der Waals surface area contributed by atoms with E-state index in [2.05, 4.69) is 0 Å². The molecule has 10 heavy (non-hydrogen) atoms. The van der Waals surface area contributed by atoms with Crippen molar-refractivity contribution in [3.8, 4) is 0 Å². The molecule has 52 valence electrons. The first-order valence-electron chi connectivity index (χ1n) is 3.14. The van der Waals surface area contributed by atoms with Crippen molar-refractivity contribution in [1.82, 2.24) is 4.90 Å². The summed E-state index contributed by atoms with van der Waals surface area (Å²) in [5.74, 6) is -1.06. The Kier molecular flexibility index (Phi) is 1.30. The van der Waals surface area contributed by atoms with Crippen molar-refractivity contribution in [3.05, 3.63) is 12.2 Å². The molecule has 0 aromatic rings. The predicted molar refractivity (Wildman–Crippen MR) is 31.9 cm³/mol. The summed E-state index contributed by atoms with van der Waals surface area (Å²) in [7, 11) is 0. The fraction of sp³-hybridized carbons (Fsp3) is 0.167. The van der Waals surface area contributed by atoms with Gasteiger partial charge in [-0.25, -0.2) is 0 Å². The van der Waals surface area contributed by atoms with Gasteiger partial charge < -0.3 is 4.79 Å². The van der Waals surface area contributed by atoms with E-state index in [1.165, 1.54) is 0 Å². The molecule has 0 atom stereocenters. The first-order valence-corrected chi connectivity index (χ1v) is 2.64. The summed E-state index contributed by atoms with van der Waals surface area (Å²) in [4.78, 5) is 32.3. The summed E-state index contributed by atoms with van der Waals surface area (Å²) >= 11 is 0. The van der Waals surface area contributed by atoms with Crippen molar-refractivity contribution in [3.63, 3.8) is 0 Å². The molecule has 1 heterocycles. The second-order valence-corrected chi connectivity index (χ2v) is 1.74. The van der Waals surface area contributed by atoms with E-state index in [4.69, 9.17) is 1.37 Å². The maximum absolute atomic E-state index is 10.7. The predicted octanol–water partition coefficient (Wildman–Crippen LogP) is -0.890. The van der Waals surface area contributed by atoms with Gasteiger partial charge in [0.25, 0.3) is 11.8 Å².